The van der Waals surface area contributed by atoms with Crippen molar-refractivity contribution in [2.75, 3.05) is 19.8 Å². The van der Waals surface area contributed by atoms with Crippen LogP contribution in [0, 0.1) is 0 Å². The van der Waals surface area contributed by atoms with Crippen LogP contribution in [0.4, 0.5) is 0 Å². The number of esters is 1. The molecule has 462 valence electrons. The summed E-state index contributed by atoms with van der Waals surface area (Å²) in [5.41, 5.74) is 0. The van der Waals surface area contributed by atoms with Crippen molar-refractivity contribution < 1.29 is 49.3 Å². The lowest BCUT2D eigenvalue weighted by Gasteiger charge is -2.40. The van der Waals surface area contributed by atoms with Crippen LogP contribution in [-0.4, -0.2) is 100 Å². The summed E-state index contributed by atoms with van der Waals surface area (Å²) >= 11 is 0. The molecule has 0 aromatic carbocycles. The van der Waals surface area contributed by atoms with Gasteiger partial charge in [-0.2, -0.15) is 0 Å². The molecule has 1 saturated heterocycles. The highest BCUT2D eigenvalue weighted by molar-refractivity contribution is 5.76. The van der Waals surface area contributed by atoms with Gasteiger partial charge < -0.3 is 45.1 Å². The number of nitrogens with one attached hydrogen (secondary N) is 1. The SMILES string of the molecule is CCCCCCCC/C=C\CCCCCCCCCC(=O)OCCCCCCCCCCC/C=C\C/C=C\CCCCCCCCCCCC(=O)NC(COC1OC(CO)C(O)C(O)C1O)C(O)/C=C/CCCCCCCCC. The average Bonchev–Trinajstić information content (AvgIpc) is 3.47. The molecule has 1 aliphatic heterocycles. The number of carbonyl (C=O) groups excluding carboxylic acids is 2. The predicted octanol–water partition coefficient (Wildman–Crippen LogP) is 16.4. The Morgan fingerprint density at radius 3 is 1.29 bits per heavy atom. The number of rotatable bonds is 58. The van der Waals surface area contributed by atoms with Crippen LogP contribution < -0.4 is 5.32 Å². The quantitative estimate of drug-likeness (QED) is 0.0195. The molecular weight excluding hydrogens is 991 g/mol. The first-order valence-electron chi connectivity index (χ1n) is 33.4. The molecule has 0 radical (unpaired) electrons. The van der Waals surface area contributed by atoms with Crippen molar-refractivity contribution in [2.45, 2.75) is 352 Å². The topological polar surface area (TPSA) is 175 Å². The van der Waals surface area contributed by atoms with Crippen LogP contribution in [-0.2, 0) is 23.8 Å². The molecule has 7 atom stereocenters. The van der Waals surface area contributed by atoms with Gasteiger partial charge in [-0.05, 0) is 89.9 Å². The fourth-order valence-electron chi connectivity index (χ4n) is 10.3. The number of allylic oxidation sites excluding steroid dienone is 7. The number of amides is 1. The Hall–Kier alpha value is -2.38. The molecule has 1 amide bonds. The van der Waals surface area contributed by atoms with Crippen molar-refractivity contribution in [1.29, 1.82) is 0 Å². The van der Waals surface area contributed by atoms with E-state index in [1.165, 1.54) is 199 Å². The number of aliphatic hydroxyl groups is 5. The highest BCUT2D eigenvalue weighted by atomic mass is 16.7. The fourth-order valence-corrected chi connectivity index (χ4v) is 10.3. The van der Waals surface area contributed by atoms with Crippen molar-refractivity contribution in [1.82, 2.24) is 5.32 Å². The van der Waals surface area contributed by atoms with E-state index >= 15 is 0 Å². The second-order valence-corrected chi connectivity index (χ2v) is 23.2. The number of unbranched alkanes of at least 4 members (excludes halogenated alkanes) is 38. The number of ether oxygens (including phenoxy) is 3. The summed E-state index contributed by atoms with van der Waals surface area (Å²) in [7, 11) is 0. The van der Waals surface area contributed by atoms with Crippen molar-refractivity contribution in [3.8, 4) is 0 Å². The third-order valence-corrected chi connectivity index (χ3v) is 15.7. The van der Waals surface area contributed by atoms with Gasteiger partial charge in [0, 0.05) is 12.8 Å². The molecule has 1 rings (SSSR count). The van der Waals surface area contributed by atoms with Crippen molar-refractivity contribution >= 4 is 11.9 Å². The second kappa shape index (κ2) is 57.4. The van der Waals surface area contributed by atoms with Crippen molar-refractivity contribution in [3.05, 3.63) is 48.6 Å². The highest BCUT2D eigenvalue weighted by Crippen LogP contribution is 2.23. The highest BCUT2D eigenvalue weighted by Gasteiger charge is 2.44. The molecular formula is C68H125NO10. The van der Waals surface area contributed by atoms with E-state index in [2.05, 4.69) is 55.6 Å². The van der Waals surface area contributed by atoms with Crippen LogP contribution in [0.15, 0.2) is 48.6 Å². The molecule has 11 nitrogen and oxygen atoms in total. The van der Waals surface area contributed by atoms with Crippen LogP contribution in [0.1, 0.15) is 309 Å². The maximum absolute atomic E-state index is 13.0. The molecule has 0 aromatic rings. The molecule has 0 aliphatic carbocycles. The van der Waals surface area contributed by atoms with Crippen molar-refractivity contribution in [3.63, 3.8) is 0 Å². The fraction of sp³-hybridized carbons (Fsp3) is 0.853. The first kappa shape index (κ1) is 74.6. The van der Waals surface area contributed by atoms with E-state index in [0.717, 1.165) is 83.5 Å². The molecule has 0 bridgehead atoms. The summed E-state index contributed by atoms with van der Waals surface area (Å²) in [6.07, 6.45) is 63.8. The first-order valence-corrected chi connectivity index (χ1v) is 33.4. The minimum atomic E-state index is -1.57. The Labute approximate surface area is 485 Å². The van der Waals surface area contributed by atoms with E-state index in [9.17, 15) is 35.1 Å². The summed E-state index contributed by atoms with van der Waals surface area (Å²) in [4.78, 5) is 25.1. The average molecular weight is 1120 g/mol. The van der Waals surface area contributed by atoms with Gasteiger partial charge in [0.1, 0.15) is 24.4 Å². The second-order valence-electron chi connectivity index (χ2n) is 23.2. The molecule has 0 spiro atoms. The molecule has 1 heterocycles. The molecule has 11 heteroatoms. The zero-order chi connectivity index (χ0) is 57.3. The standard InChI is InChI=1S/C68H125NO10/c1-3-5-7-9-11-13-14-15-16-26-30-33-36-40-44-48-52-56-64(73)77-57-53-49-45-41-37-34-31-28-25-23-21-19-17-18-20-22-24-27-29-32-35-39-43-47-51-55-63(72)69-60(61(71)54-50-46-42-38-12-10-8-6-4-2)59-78-68-67(76)66(75)65(74)62(58-70)79-68/h15-16,18-21,50,54,60-62,65-68,70-71,74-76H,3-14,17,22-49,51-53,55-59H2,1-2H3,(H,69,72)/b16-15-,20-18-,21-19-,54-50+. The van der Waals surface area contributed by atoms with Crippen molar-refractivity contribution in [2.24, 2.45) is 0 Å². The minimum absolute atomic E-state index is 0.00512. The Morgan fingerprint density at radius 1 is 0.468 bits per heavy atom. The Morgan fingerprint density at radius 2 is 0.848 bits per heavy atom. The maximum Gasteiger partial charge on any atom is 0.305 e. The van der Waals surface area contributed by atoms with Gasteiger partial charge in [-0.3, -0.25) is 9.59 Å². The largest absolute Gasteiger partial charge is 0.466 e. The van der Waals surface area contributed by atoms with Gasteiger partial charge in [-0.1, -0.05) is 255 Å². The van der Waals surface area contributed by atoms with Gasteiger partial charge >= 0.3 is 5.97 Å². The number of hydrogen-bond acceptors (Lipinski definition) is 10. The van der Waals surface area contributed by atoms with E-state index in [1.807, 2.05) is 6.08 Å². The summed E-state index contributed by atoms with van der Waals surface area (Å²) in [5, 5.41) is 54.2. The third kappa shape index (κ3) is 46.8. The number of aliphatic hydroxyl groups excluding tert-OH is 5. The summed E-state index contributed by atoms with van der Waals surface area (Å²) in [6.45, 7) is 4.31. The Bertz CT molecular complexity index is 1450. The summed E-state index contributed by atoms with van der Waals surface area (Å²) < 4.78 is 16.7. The van der Waals surface area contributed by atoms with Gasteiger partial charge in [-0.15, -0.1) is 0 Å². The molecule has 7 unspecified atom stereocenters. The van der Waals surface area contributed by atoms with E-state index < -0.39 is 49.5 Å². The van der Waals surface area contributed by atoms with Crippen LogP contribution in [0.5, 0.6) is 0 Å². The monoisotopic (exact) mass is 1120 g/mol. The maximum atomic E-state index is 13.0. The normalized spacial score (nSPS) is 18.7. The van der Waals surface area contributed by atoms with Gasteiger partial charge in [0.15, 0.2) is 6.29 Å². The van der Waals surface area contributed by atoms with Gasteiger partial charge in [0.2, 0.25) is 5.91 Å². The van der Waals surface area contributed by atoms with Crippen LogP contribution in [0.3, 0.4) is 0 Å². The first-order chi connectivity index (χ1) is 38.7. The van der Waals surface area contributed by atoms with E-state index in [4.69, 9.17) is 14.2 Å². The predicted molar refractivity (Wildman–Crippen MR) is 329 cm³/mol. The van der Waals surface area contributed by atoms with Crippen LogP contribution >= 0.6 is 0 Å². The molecule has 0 saturated carbocycles. The molecule has 6 N–H and O–H groups in total. The third-order valence-electron chi connectivity index (χ3n) is 15.7. The number of hydrogen-bond donors (Lipinski definition) is 6. The summed E-state index contributed by atoms with van der Waals surface area (Å²) in [6, 6.07) is -0.814. The smallest absolute Gasteiger partial charge is 0.305 e. The van der Waals surface area contributed by atoms with Crippen LogP contribution in [0.2, 0.25) is 0 Å². The lowest BCUT2D eigenvalue weighted by molar-refractivity contribution is -0.302. The Kier molecular flexibility index (Phi) is 54.3. The van der Waals surface area contributed by atoms with E-state index in [-0.39, 0.29) is 18.5 Å². The summed E-state index contributed by atoms with van der Waals surface area (Å²) in [5.74, 6) is -0.195. The molecule has 1 aliphatic rings. The van der Waals surface area contributed by atoms with Crippen LogP contribution in [0.25, 0.3) is 0 Å². The van der Waals surface area contributed by atoms with Gasteiger partial charge in [0.05, 0.1) is 32.0 Å². The lowest BCUT2D eigenvalue weighted by atomic mass is 9.99. The van der Waals surface area contributed by atoms with E-state index in [1.54, 1.807) is 6.08 Å². The van der Waals surface area contributed by atoms with Gasteiger partial charge in [0.25, 0.3) is 0 Å². The molecule has 0 aromatic heterocycles. The van der Waals surface area contributed by atoms with Gasteiger partial charge in [-0.25, -0.2) is 0 Å². The minimum Gasteiger partial charge on any atom is -0.466 e. The Balaban J connectivity index is 1.97. The lowest BCUT2D eigenvalue weighted by Crippen LogP contribution is -2.60. The molecule has 1 fully saturated rings. The zero-order valence-corrected chi connectivity index (χ0v) is 51.1. The number of carbonyl (C=O) groups is 2. The van der Waals surface area contributed by atoms with E-state index in [0.29, 0.717) is 19.4 Å². The zero-order valence-electron chi connectivity index (χ0n) is 51.1. The molecule has 79 heavy (non-hydrogen) atoms.